The van der Waals surface area contributed by atoms with Crippen molar-refractivity contribution in [3.63, 3.8) is 0 Å². The smallest absolute Gasteiger partial charge is 0.253 e. The third-order valence-corrected chi connectivity index (χ3v) is 7.42. The molecule has 0 saturated carbocycles. The molecule has 33 heavy (non-hydrogen) atoms. The highest BCUT2D eigenvalue weighted by molar-refractivity contribution is 5.94. The van der Waals surface area contributed by atoms with E-state index in [1.807, 2.05) is 35.2 Å². The first-order valence-electron chi connectivity index (χ1n) is 12.4. The third-order valence-electron chi connectivity index (χ3n) is 7.42. The molecule has 3 aliphatic rings. The predicted molar refractivity (Wildman–Crippen MR) is 127 cm³/mol. The SMILES string of the molecule is O=C(NC1CCN(c2ncnc3c2CCCC3)CC1)C1CCN(C(=O)c2ccccc2)CC1. The van der Waals surface area contributed by atoms with Crippen LogP contribution in [0.4, 0.5) is 5.82 Å². The fraction of sp³-hybridized carbons (Fsp3) is 0.538. The zero-order valence-electron chi connectivity index (χ0n) is 19.2. The minimum absolute atomic E-state index is 0.00302. The Bertz CT molecular complexity index is 979. The minimum atomic E-state index is -0.00302. The first kappa shape index (κ1) is 21.9. The Labute approximate surface area is 195 Å². The topological polar surface area (TPSA) is 78.4 Å². The average molecular weight is 448 g/mol. The van der Waals surface area contributed by atoms with Crippen molar-refractivity contribution in [2.45, 2.75) is 57.4 Å². The Balaban J connectivity index is 1.10. The molecule has 174 valence electrons. The number of nitrogens with zero attached hydrogens (tertiary/aromatic N) is 4. The molecule has 5 rings (SSSR count). The van der Waals surface area contributed by atoms with Crippen LogP contribution in [0.1, 0.15) is 60.1 Å². The molecule has 0 atom stereocenters. The maximum Gasteiger partial charge on any atom is 0.253 e. The summed E-state index contributed by atoms with van der Waals surface area (Å²) >= 11 is 0. The van der Waals surface area contributed by atoms with Crippen LogP contribution in [0, 0.1) is 5.92 Å². The fourth-order valence-electron chi connectivity index (χ4n) is 5.44. The zero-order chi connectivity index (χ0) is 22.6. The van der Waals surface area contributed by atoms with Crippen LogP contribution < -0.4 is 10.2 Å². The van der Waals surface area contributed by atoms with Crippen molar-refractivity contribution in [3.05, 3.63) is 53.5 Å². The van der Waals surface area contributed by atoms with Crippen molar-refractivity contribution < 1.29 is 9.59 Å². The Morgan fingerprint density at radius 3 is 2.36 bits per heavy atom. The van der Waals surface area contributed by atoms with Gasteiger partial charge in [-0.3, -0.25) is 9.59 Å². The quantitative estimate of drug-likeness (QED) is 0.780. The number of rotatable bonds is 4. The van der Waals surface area contributed by atoms with Crippen LogP contribution in [0.3, 0.4) is 0 Å². The number of amides is 2. The summed E-state index contributed by atoms with van der Waals surface area (Å²) in [6.45, 7) is 3.11. The molecule has 0 spiro atoms. The molecule has 1 aromatic heterocycles. The van der Waals surface area contributed by atoms with Crippen molar-refractivity contribution in [2.75, 3.05) is 31.1 Å². The number of carbonyl (C=O) groups excluding carboxylic acids is 2. The van der Waals surface area contributed by atoms with E-state index in [0.29, 0.717) is 13.1 Å². The van der Waals surface area contributed by atoms with E-state index in [-0.39, 0.29) is 23.8 Å². The Morgan fingerprint density at radius 1 is 0.879 bits per heavy atom. The molecule has 2 fully saturated rings. The minimum Gasteiger partial charge on any atom is -0.356 e. The van der Waals surface area contributed by atoms with Crippen LogP contribution >= 0.6 is 0 Å². The Morgan fingerprint density at radius 2 is 1.61 bits per heavy atom. The number of fused-ring (bicyclic) bond motifs is 1. The van der Waals surface area contributed by atoms with E-state index in [1.54, 1.807) is 6.33 Å². The molecule has 0 radical (unpaired) electrons. The first-order chi connectivity index (χ1) is 16.2. The summed E-state index contributed by atoms with van der Waals surface area (Å²) in [6, 6.07) is 9.61. The van der Waals surface area contributed by atoms with Gasteiger partial charge in [0.05, 0.1) is 0 Å². The second-order valence-electron chi connectivity index (χ2n) is 9.53. The molecule has 7 nitrogen and oxygen atoms in total. The van der Waals surface area contributed by atoms with Gasteiger partial charge in [-0.15, -0.1) is 0 Å². The standard InChI is InChI=1S/C26H33N5O2/c32-25(19-10-14-31(15-11-19)26(33)20-6-2-1-3-7-20)29-21-12-16-30(17-13-21)24-22-8-4-5-9-23(22)27-18-28-24/h1-3,6-7,18-19,21H,4-5,8-17H2,(H,29,32). The molecular formula is C26H33N5O2. The number of aryl methyl sites for hydroxylation is 1. The summed E-state index contributed by atoms with van der Waals surface area (Å²) in [5.74, 6) is 1.32. The van der Waals surface area contributed by atoms with Gasteiger partial charge in [0.15, 0.2) is 0 Å². The molecule has 2 aromatic rings. The van der Waals surface area contributed by atoms with Crippen molar-refractivity contribution in [3.8, 4) is 0 Å². The lowest BCUT2D eigenvalue weighted by Crippen LogP contribution is -2.49. The van der Waals surface area contributed by atoms with Gasteiger partial charge in [0.1, 0.15) is 12.1 Å². The number of likely N-dealkylation sites (tertiary alicyclic amines) is 1. The van der Waals surface area contributed by atoms with E-state index in [2.05, 4.69) is 20.2 Å². The molecule has 1 aromatic carbocycles. The largest absolute Gasteiger partial charge is 0.356 e. The molecule has 2 aliphatic heterocycles. The van der Waals surface area contributed by atoms with E-state index >= 15 is 0 Å². The summed E-state index contributed by atoms with van der Waals surface area (Å²) in [7, 11) is 0. The fourth-order valence-corrected chi connectivity index (χ4v) is 5.44. The van der Waals surface area contributed by atoms with E-state index < -0.39 is 0 Å². The summed E-state index contributed by atoms with van der Waals surface area (Å²) in [4.78, 5) is 38.9. The second kappa shape index (κ2) is 9.89. The molecule has 0 bridgehead atoms. The molecule has 7 heteroatoms. The molecule has 3 heterocycles. The molecule has 2 amide bonds. The Kier molecular flexibility index (Phi) is 6.55. The molecular weight excluding hydrogens is 414 g/mol. The van der Waals surface area contributed by atoms with Gasteiger partial charge in [-0.25, -0.2) is 9.97 Å². The van der Waals surface area contributed by atoms with Crippen molar-refractivity contribution in [1.82, 2.24) is 20.2 Å². The van der Waals surface area contributed by atoms with Crippen LogP contribution in [-0.4, -0.2) is 58.9 Å². The normalized spacial score (nSPS) is 19.8. The van der Waals surface area contributed by atoms with Gasteiger partial charge in [0.2, 0.25) is 5.91 Å². The summed E-state index contributed by atoms with van der Waals surface area (Å²) in [6.07, 6.45) is 9.63. The molecule has 0 unspecified atom stereocenters. The average Bonchev–Trinajstić information content (AvgIpc) is 2.89. The van der Waals surface area contributed by atoms with E-state index in [1.165, 1.54) is 24.1 Å². The lowest BCUT2D eigenvalue weighted by Gasteiger charge is -2.36. The second-order valence-corrected chi connectivity index (χ2v) is 9.53. The summed E-state index contributed by atoms with van der Waals surface area (Å²) in [5.41, 5.74) is 3.28. The molecule has 1 aliphatic carbocycles. The number of hydrogen-bond donors (Lipinski definition) is 1. The number of hydrogen-bond acceptors (Lipinski definition) is 5. The third kappa shape index (κ3) is 4.87. The molecule has 2 saturated heterocycles. The van der Waals surface area contributed by atoms with E-state index in [0.717, 1.165) is 63.0 Å². The summed E-state index contributed by atoms with van der Waals surface area (Å²) in [5, 5.41) is 3.30. The van der Waals surface area contributed by atoms with Gasteiger partial charge in [0.25, 0.3) is 5.91 Å². The van der Waals surface area contributed by atoms with Gasteiger partial charge in [-0.05, 0) is 63.5 Å². The van der Waals surface area contributed by atoms with Crippen LogP contribution in [0.5, 0.6) is 0 Å². The zero-order valence-corrected chi connectivity index (χ0v) is 19.2. The predicted octanol–water partition coefficient (Wildman–Crippen LogP) is 2.99. The highest BCUT2D eigenvalue weighted by Gasteiger charge is 2.30. The highest BCUT2D eigenvalue weighted by atomic mass is 16.2. The van der Waals surface area contributed by atoms with Crippen molar-refractivity contribution in [1.29, 1.82) is 0 Å². The Hall–Kier alpha value is -2.96. The van der Waals surface area contributed by atoms with Crippen LogP contribution in [0.15, 0.2) is 36.7 Å². The lowest BCUT2D eigenvalue weighted by molar-refractivity contribution is -0.127. The molecule has 1 N–H and O–H groups in total. The van der Waals surface area contributed by atoms with Gasteiger partial charge < -0.3 is 15.1 Å². The van der Waals surface area contributed by atoms with Gasteiger partial charge >= 0.3 is 0 Å². The number of nitrogens with one attached hydrogen (secondary N) is 1. The van der Waals surface area contributed by atoms with Gasteiger partial charge in [0, 0.05) is 55.0 Å². The monoisotopic (exact) mass is 447 g/mol. The summed E-state index contributed by atoms with van der Waals surface area (Å²) < 4.78 is 0. The highest BCUT2D eigenvalue weighted by Crippen LogP contribution is 2.29. The van der Waals surface area contributed by atoms with Crippen molar-refractivity contribution >= 4 is 17.6 Å². The number of carbonyl (C=O) groups is 2. The number of aromatic nitrogens is 2. The number of piperidine rings is 2. The van der Waals surface area contributed by atoms with Crippen LogP contribution in [0.25, 0.3) is 0 Å². The maximum absolute atomic E-state index is 12.9. The number of benzene rings is 1. The van der Waals surface area contributed by atoms with E-state index in [4.69, 9.17) is 0 Å². The van der Waals surface area contributed by atoms with Crippen molar-refractivity contribution in [2.24, 2.45) is 5.92 Å². The first-order valence-corrected chi connectivity index (χ1v) is 12.4. The van der Waals surface area contributed by atoms with Gasteiger partial charge in [-0.2, -0.15) is 0 Å². The lowest BCUT2D eigenvalue weighted by atomic mass is 9.93. The van der Waals surface area contributed by atoms with Crippen LogP contribution in [-0.2, 0) is 17.6 Å². The van der Waals surface area contributed by atoms with E-state index in [9.17, 15) is 9.59 Å². The van der Waals surface area contributed by atoms with Crippen LogP contribution in [0.2, 0.25) is 0 Å². The van der Waals surface area contributed by atoms with Gasteiger partial charge in [-0.1, -0.05) is 18.2 Å². The number of anilines is 1. The maximum atomic E-state index is 12.9.